The molecule has 1 aromatic heterocycles. The molecule has 3 aliphatic rings. The first-order valence-corrected chi connectivity index (χ1v) is 15.3. The molecule has 42 heavy (non-hydrogen) atoms. The largest absolute Gasteiger partial charge is 0.494 e. The van der Waals surface area contributed by atoms with Crippen LogP contribution in [0, 0.1) is 5.92 Å². The van der Waals surface area contributed by atoms with Gasteiger partial charge < -0.3 is 19.9 Å². The Kier molecular flexibility index (Phi) is 7.38. The fourth-order valence-corrected chi connectivity index (χ4v) is 7.53. The number of urea groups is 1. The molecule has 0 spiro atoms. The lowest BCUT2D eigenvalue weighted by molar-refractivity contribution is -0.137. The Morgan fingerprint density at radius 1 is 1.05 bits per heavy atom. The van der Waals surface area contributed by atoms with Crippen LogP contribution in [0.1, 0.15) is 61.3 Å². The van der Waals surface area contributed by atoms with Gasteiger partial charge >= 0.3 is 6.03 Å². The number of benzene rings is 2. The van der Waals surface area contributed by atoms with Crippen molar-refractivity contribution in [2.75, 3.05) is 25.5 Å². The fraction of sp³-hybridized carbons (Fsp3) is 0.452. The third-order valence-electron chi connectivity index (χ3n) is 8.80. The number of likely N-dealkylation sites (tertiary alicyclic amines) is 3. The van der Waals surface area contributed by atoms with E-state index in [9.17, 15) is 19.2 Å². The molecule has 1 N–H and O–H groups in total. The van der Waals surface area contributed by atoms with Crippen LogP contribution in [-0.4, -0.2) is 81.8 Å². The predicted octanol–water partition coefficient (Wildman–Crippen LogP) is 4.71. The van der Waals surface area contributed by atoms with Crippen molar-refractivity contribution in [1.82, 2.24) is 19.7 Å². The molecule has 3 fully saturated rings. The summed E-state index contributed by atoms with van der Waals surface area (Å²) in [5.41, 5.74) is 2.45. The van der Waals surface area contributed by atoms with Crippen LogP contribution in [0.4, 0.5) is 10.5 Å². The zero-order chi connectivity index (χ0) is 29.7. The van der Waals surface area contributed by atoms with Gasteiger partial charge in [-0.2, -0.15) is 0 Å². The molecule has 3 saturated heterocycles. The summed E-state index contributed by atoms with van der Waals surface area (Å²) in [7, 11) is 1.55. The lowest BCUT2D eigenvalue weighted by Gasteiger charge is -2.32. The van der Waals surface area contributed by atoms with Crippen LogP contribution in [0.3, 0.4) is 0 Å². The average Bonchev–Trinajstić information content (AvgIpc) is 3.77. The average molecular weight is 590 g/mol. The number of carbonyl (C=O) groups is 4. The maximum atomic E-state index is 13.9. The molecule has 3 aliphatic heterocycles. The van der Waals surface area contributed by atoms with Gasteiger partial charge in [0.05, 0.1) is 29.8 Å². The van der Waals surface area contributed by atoms with Crippen molar-refractivity contribution < 1.29 is 23.9 Å². The minimum absolute atomic E-state index is 0.163. The maximum Gasteiger partial charge on any atom is 0.322 e. The van der Waals surface area contributed by atoms with Crippen molar-refractivity contribution in [2.24, 2.45) is 5.92 Å². The van der Waals surface area contributed by atoms with Gasteiger partial charge in [0.15, 0.2) is 5.01 Å². The highest BCUT2D eigenvalue weighted by molar-refractivity contribution is 7.20. The number of imide groups is 1. The summed E-state index contributed by atoms with van der Waals surface area (Å²) >= 11 is 1.23. The number of carbonyl (C=O) groups excluding carboxylic acids is 4. The fourth-order valence-electron chi connectivity index (χ4n) is 6.61. The minimum atomic E-state index is -0.609. The van der Waals surface area contributed by atoms with Gasteiger partial charge in [0.25, 0.3) is 5.91 Å². The van der Waals surface area contributed by atoms with Gasteiger partial charge in [-0.1, -0.05) is 39.0 Å². The lowest BCUT2D eigenvalue weighted by Crippen LogP contribution is -2.52. The Labute approximate surface area is 248 Å². The second kappa shape index (κ2) is 11.0. The minimum Gasteiger partial charge on any atom is -0.494 e. The smallest absolute Gasteiger partial charge is 0.322 e. The van der Waals surface area contributed by atoms with Crippen molar-refractivity contribution in [3.63, 3.8) is 0 Å². The molecule has 11 heteroatoms. The molecule has 220 valence electrons. The Morgan fingerprint density at radius 2 is 1.81 bits per heavy atom. The highest BCUT2D eigenvalue weighted by Gasteiger charge is 2.56. The van der Waals surface area contributed by atoms with Gasteiger partial charge in [-0.3, -0.25) is 19.3 Å². The Balaban J connectivity index is 1.18. The summed E-state index contributed by atoms with van der Waals surface area (Å²) in [5, 5.41) is 3.16. The predicted molar refractivity (Wildman–Crippen MR) is 160 cm³/mol. The normalized spacial score (nSPS) is 23.6. The summed E-state index contributed by atoms with van der Waals surface area (Å²) in [4.78, 5) is 63.5. The molecule has 0 aliphatic carbocycles. The van der Waals surface area contributed by atoms with E-state index >= 15 is 0 Å². The van der Waals surface area contributed by atoms with Crippen LogP contribution in [0.2, 0.25) is 0 Å². The number of thiazole rings is 1. The number of para-hydroxylation sites is 1. The number of rotatable bonds is 5. The number of methoxy groups -OCH3 is 1. The van der Waals surface area contributed by atoms with Crippen molar-refractivity contribution in [1.29, 1.82) is 0 Å². The summed E-state index contributed by atoms with van der Waals surface area (Å²) in [5.74, 6) is -0.495. The molecular weight excluding hydrogens is 554 g/mol. The Morgan fingerprint density at radius 3 is 2.52 bits per heavy atom. The molecule has 0 unspecified atom stereocenters. The third-order valence-corrected chi connectivity index (χ3v) is 9.81. The van der Waals surface area contributed by atoms with Gasteiger partial charge in [-0.15, -0.1) is 11.3 Å². The number of ether oxygens (including phenoxy) is 1. The van der Waals surface area contributed by atoms with Gasteiger partial charge in [0, 0.05) is 18.8 Å². The highest BCUT2D eigenvalue weighted by atomic mass is 32.1. The molecule has 6 rings (SSSR count). The number of hydrogen-bond acceptors (Lipinski definition) is 7. The SMILES string of the molecule is COc1cccc2sc(C(=O)N3C(=O)[C@@H](C)[C@@H]4[C@@H]3CCN4C(=O)[C@@H]3CCCN3C(=O)Nc3ccc(C(C)C)cc3)nc12. The highest BCUT2D eigenvalue weighted by Crippen LogP contribution is 2.40. The first kappa shape index (κ1) is 28.1. The number of anilines is 1. The quantitative estimate of drug-likeness (QED) is 0.432. The molecule has 4 heterocycles. The second-order valence-electron chi connectivity index (χ2n) is 11.6. The molecule has 5 amide bonds. The Hall–Kier alpha value is -3.99. The van der Waals surface area contributed by atoms with E-state index in [0.717, 1.165) is 11.1 Å². The van der Waals surface area contributed by atoms with Gasteiger partial charge in [-0.25, -0.2) is 9.78 Å². The van der Waals surface area contributed by atoms with E-state index in [-0.39, 0.29) is 22.9 Å². The van der Waals surface area contributed by atoms with Crippen LogP contribution in [0.25, 0.3) is 10.2 Å². The van der Waals surface area contributed by atoms with E-state index in [1.54, 1.807) is 29.9 Å². The molecule has 2 aromatic carbocycles. The number of nitrogens with zero attached hydrogens (tertiary/aromatic N) is 4. The van der Waals surface area contributed by atoms with E-state index in [0.29, 0.717) is 48.8 Å². The second-order valence-corrected chi connectivity index (χ2v) is 12.6. The summed E-state index contributed by atoms with van der Waals surface area (Å²) in [6.45, 7) is 6.91. The number of fused-ring (bicyclic) bond motifs is 2. The van der Waals surface area contributed by atoms with Gasteiger partial charge in [-0.05, 0) is 55.0 Å². The van der Waals surface area contributed by atoms with Crippen LogP contribution < -0.4 is 10.1 Å². The summed E-state index contributed by atoms with van der Waals surface area (Å²) < 4.78 is 6.19. The first-order chi connectivity index (χ1) is 20.2. The summed E-state index contributed by atoms with van der Waals surface area (Å²) in [6.07, 6.45) is 1.77. The zero-order valence-corrected chi connectivity index (χ0v) is 25.0. The molecule has 4 atom stereocenters. The van der Waals surface area contributed by atoms with Crippen LogP contribution >= 0.6 is 11.3 Å². The van der Waals surface area contributed by atoms with Crippen molar-refractivity contribution in [3.05, 3.63) is 53.0 Å². The molecule has 0 radical (unpaired) electrons. The van der Waals surface area contributed by atoms with E-state index in [1.165, 1.54) is 21.8 Å². The van der Waals surface area contributed by atoms with Gasteiger partial charge in [0.1, 0.15) is 17.3 Å². The molecule has 10 nitrogen and oxygen atoms in total. The topological polar surface area (TPSA) is 112 Å². The third kappa shape index (κ3) is 4.69. The first-order valence-electron chi connectivity index (χ1n) is 14.5. The van der Waals surface area contributed by atoms with Crippen molar-refractivity contribution in [2.45, 2.75) is 64.1 Å². The number of hydrogen-bond donors (Lipinski definition) is 1. The van der Waals surface area contributed by atoms with Crippen LogP contribution in [-0.2, 0) is 9.59 Å². The van der Waals surface area contributed by atoms with E-state index in [1.807, 2.05) is 36.4 Å². The molecule has 0 bridgehead atoms. The van der Waals surface area contributed by atoms with Crippen molar-refractivity contribution in [3.8, 4) is 5.75 Å². The maximum absolute atomic E-state index is 13.9. The zero-order valence-electron chi connectivity index (χ0n) is 24.2. The van der Waals surface area contributed by atoms with Crippen molar-refractivity contribution >= 4 is 51.0 Å². The number of nitrogens with one attached hydrogen (secondary N) is 1. The lowest BCUT2D eigenvalue weighted by atomic mass is 10.0. The van der Waals surface area contributed by atoms with E-state index < -0.39 is 30.0 Å². The monoisotopic (exact) mass is 589 g/mol. The summed E-state index contributed by atoms with van der Waals surface area (Å²) in [6, 6.07) is 11.4. The van der Waals surface area contributed by atoms with E-state index in [2.05, 4.69) is 24.1 Å². The standard InChI is InChI=1S/C31H35N5O5S/c1-17(2)19-10-12-20(13-11-19)32-31(40)34-15-6-7-22(34)29(38)35-16-14-21-26(35)18(3)28(37)36(21)30(39)27-33-25-23(41-4)8-5-9-24(25)42-27/h5,8-13,17-18,21-22,26H,6-7,14-16H2,1-4H3,(H,32,40)/t18-,21-,22-,26+/m0/s1. The number of amides is 5. The molecule has 0 saturated carbocycles. The molecule has 3 aromatic rings. The molecular formula is C31H35N5O5S. The Bertz CT molecular complexity index is 1550. The van der Waals surface area contributed by atoms with E-state index in [4.69, 9.17) is 4.74 Å². The van der Waals surface area contributed by atoms with Gasteiger partial charge in [0.2, 0.25) is 11.8 Å². The number of aromatic nitrogens is 1. The van der Waals surface area contributed by atoms with Crippen LogP contribution in [0.5, 0.6) is 5.75 Å². The van der Waals surface area contributed by atoms with Crippen LogP contribution in [0.15, 0.2) is 42.5 Å².